The van der Waals surface area contributed by atoms with Gasteiger partial charge in [0, 0.05) is 12.3 Å². The molecule has 2 heterocycles. The Morgan fingerprint density at radius 3 is 2.76 bits per heavy atom. The summed E-state index contributed by atoms with van der Waals surface area (Å²) < 4.78 is 1.67. The van der Waals surface area contributed by atoms with Gasteiger partial charge in [-0.2, -0.15) is 5.10 Å². The first-order valence-electron chi connectivity index (χ1n) is 7.16. The zero-order valence-electron chi connectivity index (χ0n) is 12.9. The topological polar surface area (TPSA) is 79.5 Å². The van der Waals surface area contributed by atoms with Gasteiger partial charge in [-0.25, -0.2) is 9.50 Å². The molecule has 21 heavy (non-hydrogen) atoms. The summed E-state index contributed by atoms with van der Waals surface area (Å²) in [5.41, 5.74) is 2.80. The highest BCUT2D eigenvalue weighted by molar-refractivity contribution is 5.95. The van der Waals surface area contributed by atoms with Gasteiger partial charge in [-0.3, -0.25) is 4.79 Å². The van der Waals surface area contributed by atoms with Crippen molar-refractivity contribution in [1.82, 2.24) is 19.9 Å². The minimum atomic E-state index is -0.244. The van der Waals surface area contributed by atoms with E-state index < -0.39 is 0 Å². The molecule has 1 unspecified atom stereocenters. The maximum atomic E-state index is 12.4. The zero-order chi connectivity index (χ0) is 15.6. The molecule has 0 aliphatic heterocycles. The average molecular weight is 290 g/mol. The highest BCUT2D eigenvalue weighted by Crippen LogP contribution is 2.12. The SMILES string of the molecule is Cc1cc2ncc(C(=O)NC(CO)CC(C)C)c(C)n2n1. The van der Waals surface area contributed by atoms with Crippen molar-refractivity contribution in [2.75, 3.05) is 6.61 Å². The van der Waals surface area contributed by atoms with Crippen LogP contribution < -0.4 is 5.32 Å². The fraction of sp³-hybridized carbons (Fsp3) is 0.533. The number of aromatic nitrogens is 3. The van der Waals surface area contributed by atoms with Crippen LogP contribution in [0.5, 0.6) is 0 Å². The summed E-state index contributed by atoms with van der Waals surface area (Å²) in [6.45, 7) is 7.77. The Labute approximate surface area is 124 Å². The van der Waals surface area contributed by atoms with Crippen LogP contribution in [-0.4, -0.2) is 38.3 Å². The summed E-state index contributed by atoms with van der Waals surface area (Å²) in [5.74, 6) is 0.174. The highest BCUT2D eigenvalue weighted by atomic mass is 16.3. The van der Waals surface area contributed by atoms with E-state index in [4.69, 9.17) is 0 Å². The van der Waals surface area contributed by atoms with Crippen molar-refractivity contribution in [2.45, 2.75) is 40.2 Å². The van der Waals surface area contributed by atoms with Crippen molar-refractivity contribution >= 4 is 11.6 Å². The minimum Gasteiger partial charge on any atom is -0.394 e. The summed E-state index contributed by atoms with van der Waals surface area (Å²) >= 11 is 0. The molecule has 6 heteroatoms. The van der Waals surface area contributed by atoms with Crippen molar-refractivity contribution in [1.29, 1.82) is 0 Å². The van der Waals surface area contributed by atoms with Gasteiger partial charge in [0.05, 0.1) is 29.6 Å². The normalized spacial score (nSPS) is 12.9. The fourth-order valence-corrected chi connectivity index (χ4v) is 2.40. The number of carbonyl (C=O) groups excluding carboxylic acids is 1. The molecule has 0 aliphatic rings. The molecule has 114 valence electrons. The number of rotatable bonds is 5. The van der Waals surface area contributed by atoms with Gasteiger partial charge in [-0.15, -0.1) is 0 Å². The Morgan fingerprint density at radius 1 is 1.43 bits per heavy atom. The van der Waals surface area contributed by atoms with Crippen LogP contribution in [0.1, 0.15) is 42.0 Å². The Balaban J connectivity index is 2.24. The predicted molar refractivity (Wildman–Crippen MR) is 80.3 cm³/mol. The zero-order valence-corrected chi connectivity index (χ0v) is 12.9. The smallest absolute Gasteiger partial charge is 0.254 e. The molecule has 2 N–H and O–H groups in total. The largest absolute Gasteiger partial charge is 0.394 e. The third-order valence-electron chi connectivity index (χ3n) is 3.40. The first kappa shape index (κ1) is 15.4. The fourth-order valence-electron chi connectivity index (χ4n) is 2.40. The standard InChI is InChI=1S/C15H22N4O2/c1-9(2)5-12(8-20)17-15(21)13-7-16-14-6-10(3)18-19(14)11(13)4/h6-7,9,12,20H,5,8H2,1-4H3,(H,17,21). The van der Waals surface area contributed by atoms with Crippen molar-refractivity contribution in [3.05, 3.63) is 29.2 Å². The van der Waals surface area contributed by atoms with Crippen LogP contribution in [0.15, 0.2) is 12.3 Å². The predicted octanol–water partition coefficient (Wildman–Crippen LogP) is 1.48. The average Bonchev–Trinajstić information content (AvgIpc) is 2.79. The molecule has 1 amide bonds. The van der Waals surface area contributed by atoms with Crippen LogP contribution >= 0.6 is 0 Å². The van der Waals surface area contributed by atoms with Crippen LogP contribution in [0.3, 0.4) is 0 Å². The number of fused-ring (bicyclic) bond motifs is 1. The van der Waals surface area contributed by atoms with Gasteiger partial charge < -0.3 is 10.4 Å². The molecule has 0 spiro atoms. The third-order valence-corrected chi connectivity index (χ3v) is 3.40. The molecule has 0 aromatic carbocycles. The molecule has 0 aliphatic carbocycles. The van der Waals surface area contributed by atoms with Crippen molar-refractivity contribution in [2.24, 2.45) is 5.92 Å². The molecule has 0 bridgehead atoms. The van der Waals surface area contributed by atoms with Gasteiger partial charge >= 0.3 is 0 Å². The first-order chi connectivity index (χ1) is 9.92. The lowest BCUT2D eigenvalue weighted by Gasteiger charge is -2.18. The molecule has 2 rings (SSSR count). The van der Waals surface area contributed by atoms with Crippen LogP contribution in [0.4, 0.5) is 0 Å². The van der Waals surface area contributed by atoms with Gasteiger partial charge in [0.1, 0.15) is 0 Å². The number of hydrogen-bond donors (Lipinski definition) is 2. The second kappa shape index (κ2) is 6.22. The number of aryl methyl sites for hydroxylation is 2. The Morgan fingerprint density at radius 2 is 2.14 bits per heavy atom. The number of aliphatic hydroxyl groups is 1. The number of nitrogens with zero attached hydrogens (tertiary/aromatic N) is 3. The van der Waals surface area contributed by atoms with Crippen LogP contribution in [0.25, 0.3) is 5.65 Å². The quantitative estimate of drug-likeness (QED) is 0.874. The number of carbonyl (C=O) groups is 1. The summed E-state index contributed by atoms with van der Waals surface area (Å²) in [5, 5.41) is 16.6. The van der Waals surface area contributed by atoms with Crippen LogP contribution in [-0.2, 0) is 0 Å². The van der Waals surface area contributed by atoms with Gasteiger partial charge in [0.25, 0.3) is 5.91 Å². The summed E-state index contributed by atoms with van der Waals surface area (Å²) in [7, 11) is 0. The van der Waals surface area contributed by atoms with Crippen LogP contribution in [0, 0.1) is 19.8 Å². The van der Waals surface area contributed by atoms with Gasteiger partial charge in [-0.1, -0.05) is 13.8 Å². The van der Waals surface area contributed by atoms with E-state index in [0.717, 1.165) is 23.5 Å². The van der Waals surface area contributed by atoms with E-state index in [-0.39, 0.29) is 18.6 Å². The van der Waals surface area contributed by atoms with Crippen molar-refractivity contribution in [3.63, 3.8) is 0 Å². The number of hydrogen-bond acceptors (Lipinski definition) is 4. The maximum absolute atomic E-state index is 12.4. The van der Waals surface area contributed by atoms with E-state index in [1.807, 2.05) is 19.9 Å². The number of amides is 1. The molecule has 2 aromatic heterocycles. The van der Waals surface area contributed by atoms with E-state index in [9.17, 15) is 9.90 Å². The first-order valence-corrected chi connectivity index (χ1v) is 7.16. The summed E-state index contributed by atoms with van der Waals surface area (Å²) in [6, 6.07) is 1.62. The molecule has 2 aromatic rings. The minimum absolute atomic E-state index is 0.0699. The van der Waals surface area contributed by atoms with Gasteiger partial charge in [0.2, 0.25) is 0 Å². The molecule has 0 saturated carbocycles. The molecule has 0 radical (unpaired) electrons. The summed E-state index contributed by atoms with van der Waals surface area (Å²) in [6.07, 6.45) is 2.29. The van der Waals surface area contributed by atoms with E-state index in [0.29, 0.717) is 11.5 Å². The molecule has 0 fully saturated rings. The Kier molecular flexibility index (Phi) is 4.57. The van der Waals surface area contributed by atoms with Gasteiger partial charge in [-0.05, 0) is 26.2 Å². The van der Waals surface area contributed by atoms with Crippen LogP contribution in [0.2, 0.25) is 0 Å². The third kappa shape index (κ3) is 3.39. The molecular weight excluding hydrogens is 268 g/mol. The van der Waals surface area contributed by atoms with Crippen molar-refractivity contribution in [3.8, 4) is 0 Å². The van der Waals surface area contributed by atoms with Gasteiger partial charge in [0.15, 0.2) is 5.65 Å². The second-order valence-electron chi connectivity index (χ2n) is 5.80. The lowest BCUT2D eigenvalue weighted by molar-refractivity contribution is 0.0906. The molecule has 1 atom stereocenters. The number of aliphatic hydroxyl groups excluding tert-OH is 1. The van der Waals surface area contributed by atoms with Crippen molar-refractivity contribution < 1.29 is 9.90 Å². The Hall–Kier alpha value is -1.95. The Bertz CT molecular complexity index is 648. The lowest BCUT2D eigenvalue weighted by Crippen LogP contribution is -2.39. The van der Waals surface area contributed by atoms with E-state index in [1.165, 1.54) is 0 Å². The number of nitrogens with one attached hydrogen (secondary N) is 1. The molecule has 6 nitrogen and oxygen atoms in total. The molecular formula is C15H22N4O2. The highest BCUT2D eigenvalue weighted by Gasteiger charge is 2.18. The molecule has 0 saturated heterocycles. The van der Waals surface area contributed by atoms with E-state index in [2.05, 4.69) is 29.2 Å². The summed E-state index contributed by atoms with van der Waals surface area (Å²) in [4.78, 5) is 16.6. The lowest BCUT2D eigenvalue weighted by atomic mass is 10.0. The van der Waals surface area contributed by atoms with E-state index >= 15 is 0 Å². The van der Waals surface area contributed by atoms with E-state index in [1.54, 1.807) is 10.7 Å². The maximum Gasteiger partial charge on any atom is 0.254 e. The second-order valence-corrected chi connectivity index (χ2v) is 5.80. The monoisotopic (exact) mass is 290 g/mol.